The normalized spacial score (nSPS) is 19.9. The van der Waals surface area contributed by atoms with Crippen LogP contribution in [0.25, 0.3) is 0 Å². The van der Waals surface area contributed by atoms with E-state index >= 15 is 0 Å². The van der Waals surface area contributed by atoms with Crippen molar-refractivity contribution in [3.8, 4) is 5.75 Å². The SMILES string of the molecule is NC[C@@H]1OB(O)c2c(O)ccc(Br)c21. The molecule has 74 valence electrons. The number of aromatic hydroxyl groups is 1. The zero-order valence-electron chi connectivity index (χ0n) is 7.27. The number of phenolic OH excluding ortho intramolecular Hbond substituents is 1. The van der Waals surface area contributed by atoms with Crippen LogP contribution in [0.2, 0.25) is 0 Å². The number of hydrogen-bond acceptors (Lipinski definition) is 4. The molecule has 1 aliphatic rings. The highest BCUT2D eigenvalue weighted by Crippen LogP contribution is 2.32. The maximum Gasteiger partial charge on any atom is 0.495 e. The number of rotatable bonds is 1. The van der Waals surface area contributed by atoms with Gasteiger partial charge in [0.25, 0.3) is 0 Å². The number of nitrogens with two attached hydrogens (primary N) is 1. The first kappa shape index (κ1) is 9.98. The fraction of sp³-hybridized carbons (Fsp3) is 0.250. The molecule has 0 aliphatic carbocycles. The molecule has 0 unspecified atom stereocenters. The van der Waals surface area contributed by atoms with Gasteiger partial charge in [-0.25, -0.2) is 0 Å². The summed E-state index contributed by atoms with van der Waals surface area (Å²) in [4.78, 5) is 0. The minimum atomic E-state index is -1.09. The van der Waals surface area contributed by atoms with Crippen LogP contribution >= 0.6 is 15.9 Å². The third kappa shape index (κ3) is 1.35. The zero-order valence-corrected chi connectivity index (χ0v) is 8.86. The van der Waals surface area contributed by atoms with E-state index in [-0.39, 0.29) is 18.4 Å². The highest BCUT2D eigenvalue weighted by molar-refractivity contribution is 9.10. The smallest absolute Gasteiger partial charge is 0.495 e. The van der Waals surface area contributed by atoms with Crippen molar-refractivity contribution in [2.45, 2.75) is 6.10 Å². The fourth-order valence-electron chi connectivity index (χ4n) is 1.65. The summed E-state index contributed by atoms with van der Waals surface area (Å²) >= 11 is 3.33. The number of halogens is 1. The van der Waals surface area contributed by atoms with Crippen molar-refractivity contribution in [1.82, 2.24) is 0 Å². The molecule has 1 aromatic rings. The predicted octanol–water partition coefficient (Wildman–Crippen LogP) is -0.128. The Morgan fingerprint density at radius 2 is 2.29 bits per heavy atom. The number of hydrogen-bond donors (Lipinski definition) is 3. The monoisotopic (exact) mass is 257 g/mol. The van der Waals surface area contributed by atoms with Gasteiger partial charge in [-0.3, -0.25) is 0 Å². The summed E-state index contributed by atoms with van der Waals surface area (Å²) in [5.41, 5.74) is 6.64. The molecule has 1 aromatic carbocycles. The van der Waals surface area contributed by atoms with E-state index < -0.39 is 7.12 Å². The Labute approximate surface area is 90.0 Å². The summed E-state index contributed by atoms with van der Waals surface area (Å²) in [6, 6.07) is 3.21. The van der Waals surface area contributed by atoms with Gasteiger partial charge in [-0.1, -0.05) is 15.9 Å². The van der Waals surface area contributed by atoms with Crippen molar-refractivity contribution in [2.75, 3.05) is 6.54 Å². The summed E-state index contributed by atoms with van der Waals surface area (Å²) in [7, 11) is -1.09. The van der Waals surface area contributed by atoms with Gasteiger partial charge in [-0.2, -0.15) is 0 Å². The zero-order chi connectivity index (χ0) is 10.3. The quantitative estimate of drug-likeness (QED) is 0.613. The van der Waals surface area contributed by atoms with Crippen LogP contribution in [0.4, 0.5) is 0 Å². The third-order valence-corrected chi connectivity index (χ3v) is 2.98. The van der Waals surface area contributed by atoms with E-state index in [1.54, 1.807) is 6.07 Å². The van der Waals surface area contributed by atoms with E-state index in [9.17, 15) is 10.1 Å². The van der Waals surface area contributed by atoms with Crippen molar-refractivity contribution >= 4 is 28.5 Å². The highest BCUT2D eigenvalue weighted by atomic mass is 79.9. The highest BCUT2D eigenvalue weighted by Gasteiger charge is 2.38. The molecule has 0 bridgehead atoms. The lowest BCUT2D eigenvalue weighted by atomic mass is 9.78. The second kappa shape index (κ2) is 3.54. The molecule has 0 radical (unpaired) electrons. The number of phenols is 1. The predicted molar refractivity (Wildman–Crippen MR) is 56.3 cm³/mol. The van der Waals surface area contributed by atoms with E-state index in [0.717, 1.165) is 10.0 Å². The number of fused-ring (bicyclic) bond motifs is 1. The third-order valence-electron chi connectivity index (χ3n) is 2.29. The Morgan fingerprint density at radius 1 is 1.57 bits per heavy atom. The Morgan fingerprint density at radius 3 is 2.93 bits per heavy atom. The first-order valence-corrected chi connectivity index (χ1v) is 4.99. The van der Waals surface area contributed by atoms with Gasteiger partial charge in [0.2, 0.25) is 0 Å². The molecule has 1 aliphatic heterocycles. The largest absolute Gasteiger partial charge is 0.508 e. The van der Waals surface area contributed by atoms with Crippen LogP contribution in [-0.4, -0.2) is 23.8 Å². The average molecular weight is 258 g/mol. The maximum atomic E-state index is 9.54. The Bertz CT molecular complexity index is 374. The fourth-order valence-corrected chi connectivity index (χ4v) is 2.25. The molecule has 0 amide bonds. The molecule has 1 heterocycles. The van der Waals surface area contributed by atoms with Gasteiger partial charge in [-0.15, -0.1) is 0 Å². The maximum absolute atomic E-state index is 9.54. The lowest BCUT2D eigenvalue weighted by molar-refractivity contribution is 0.197. The van der Waals surface area contributed by atoms with Gasteiger partial charge in [0.05, 0.1) is 6.10 Å². The molecular weight excluding hydrogens is 249 g/mol. The second-order valence-corrected chi connectivity index (χ2v) is 3.96. The van der Waals surface area contributed by atoms with E-state index in [1.165, 1.54) is 6.07 Å². The van der Waals surface area contributed by atoms with Crippen LogP contribution in [-0.2, 0) is 4.65 Å². The Hall–Kier alpha value is -0.555. The average Bonchev–Trinajstić information content (AvgIpc) is 2.50. The van der Waals surface area contributed by atoms with Crippen molar-refractivity contribution in [3.63, 3.8) is 0 Å². The van der Waals surface area contributed by atoms with Gasteiger partial charge in [0.15, 0.2) is 0 Å². The van der Waals surface area contributed by atoms with Crippen LogP contribution in [0.15, 0.2) is 16.6 Å². The van der Waals surface area contributed by atoms with Gasteiger partial charge >= 0.3 is 7.12 Å². The van der Waals surface area contributed by atoms with E-state index in [1.807, 2.05) is 0 Å². The second-order valence-electron chi connectivity index (χ2n) is 3.11. The van der Waals surface area contributed by atoms with E-state index in [0.29, 0.717) is 5.46 Å². The molecule has 14 heavy (non-hydrogen) atoms. The topological polar surface area (TPSA) is 75.7 Å². The summed E-state index contributed by atoms with van der Waals surface area (Å²) < 4.78 is 5.97. The van der Waals surface area contributed by atoms with Gasteiger partial charge in [-0.05, 0) is 17.7 Å². The van der Waals surface area contributed by atoms with E-state index in [2.05, 4.69) is 15.9 Å². The lowest BCUT2D eigenvalue weighted by Crippen LogP contribution is -2.28. The molecule has 4 N–H and O–H groups in total. The molecule has 2 rings (SSSR count). The standard InChI is InChI=1S/C8H9BBrNO3/c10-4-1-2-5(12)8-7(4)6(3-11)14-9(8)13/h1-2,6,12-13H,3,11H2/t6-/m0/s1. The van der Waals surface area contributed by atoms with Crippen LogP contribution in [0.5, 0.6) is 5.75 Å². The van der Waals surface area contributed by atoms with Gasteiger partial charge in [0, 0.05) is 16.5 Å². The van der Waals surface area contributed by atoms with Crippen LogP contribution in [0.1, 0.15) is 11.7 Å². The molecule has 1 atom stereocenters. The number of benzene rings is 1. The molecule has 0 saturated carbocycles. The summed E-state index contributed by atoms with van der Waals surface area (Å²) in [5.74, 6) is 0.0339. The van der Waals surface area contributed by atoms with Crippen molar-refractivity contribution in [1.29, 1.82) is 0 Å². The molecule has 0 saturated heterocycles. The molecule has 0 fully saturated rings. The van der Waals surface area contributed by atoms with Crippen LogP contribution in [0.3, 0.4) is 0 Å². The summed E-state index contributed by atoms with van der Waals surface area (Å²) in [5, 5.41) is 19.1. The van der Waals surface area contributed by atoms with Gasteiger partial charge in [0.1, 0.15) is 5.75 Å². The van der Waals surface area contributed by atoms with Gasteiger partial charge < -0.3 is 20.5 Å². The van der Waals surface area contributed by atoms with E-state index in [4.69, 9.17) is 10.4 Å². The minimum Gasteiger partial charge on any atom is -0.508 e. The van der Waals surface area contributed by atoms with Crippen LogP contribution < -0.4 is 11.2 Å². The molecule has 6 heteroatoms. The minimum absolute atomic E-state index is 0.0339. The van der Waals surface area contributed by atoms with Crippen LogP contribution in [0, 0.1) is 0 Å². The molecule has 0 aromatic heterocycles. The summed E-state index contributed by atoms with van der Waals surface area (Å²) in [6.45, 7) is 0.270. The van der Waals surface area contributed by atoms with Crippen molar-refractivity contribution in [3.05, 3.63) is 22.2 Å². The van der Waals surface area contributed by atoms with Crippen molar-refractivity contribution < 1.29 is 14.8 Å². The lowest BCUT2D eigenvalue weighted by Gasteiger charge is -2.10. The molecule has 4 nitrogen and oxygen atoms in total. The Kier molecular flexibility index (Phi) is 2.53. The first-order chi connectivity index (χ1) is 6.65. The molecule has 0 spiro atoms. The first-order valence-electron chi connectivity index (χ1n) is 4.20. The Balaban J connectivity index is 2.60. The summed E-state index contributed by atoms with van der Waals surface area (Å²) in [6.07, 6.45) is -0.360. The van der Waals surface area contributed by atoms with Crippen molar-refractivity contribution in [2.24, 2.45) is 5.73 Å². The molecular formula is C8H9BBrNO3.